The van der Waals surface area contributed by atoms with E-state index in [1.54, 1.807) is 26.6 Å². The second-order valence-electron chi connectivity index (χ2n) is 5.74. The number of imidazole rings is 1. The number of hydrogen-bond acceptors (Lipinski definition) is 3. The quantitative estimate of drug-likeness (QED) is 0.664. The number of rotatable bonds is 6. The molecule has 0 amide bonds. The first-order chi connectivity index (χ1) is 12.1. The summed E-state index contributed by atoms with van der Waals surface area (Å²) in [6, 6.07) is 8.15. The maximum Gasteiger partial charge on any atom is 0.168 e. The Morgan fingerprint density at radius 2 is 2.04 bits per heavy atom. The topological polar surface area (TPSA) is 47.1 Å². The molecule has 0 atom stereocenters. The highest BCUT2D eigenvalue weighted by molar-refractivity contribution is 5.92. The van der Waals surface area contributed by atoms with E-state index in [-0.39, 0.29) is 0 Å². The maximum absolute atomic E-state index is 5.59. The number of aromatic amines is 1. The molecule has 3 rings (SSSR count). The summed E-state index contributed by atoms with van der Waals surface area (Å²) in [5, 5.41) is 0. The zero-order chi connectivity index (χ0) is 18.0. The predicted octanol–water partition coefficient (Wildman–Crippen LogP) is 5.31. The van der Waals surface area contributed by atoms with Crippen molar-refractivity contribution in [2.75, 3.05) is 14.2 Å². The fraction of sp³-hybridized carbons (Fsp3) is 0.190. The first-order valence-corrected chi connectivity index (χ1v) is 8.17. The number of allylic oxidation sites excluding steroid dienone is 1. The lowest BCUT2D eigenvalue weighted by atomic mass is 9.88. The van der Waals surface area contributed by atoms with E-state index in [1.165, 1.54) is 0 Å². The lowest BCUT2D eigenvalue weighted by Crippen LogP contribution is -2.00. The number of aromatic nitrogens is 2. The van der Waals surface area contributed by atoms with E-state index >= 15 is 0 Å². The fourth-order valence-corrected chi connectivity index (χ4v) is 3.11. The molecule has 128 valence electrons. The Labute approximate surface area is 147 Å². The SMILES string of the molecule is C=Cc1c(OC)c(OC)cc(-c2ccc3nc[nH]c3c2)c1C(=C)CC. The zero-order valence-electron chi connectivity index (χ0n) is 14.8. The van der Waals surface area contributed by atoms with Gasteiger partial charge in [-0.1, -0.05) is 32.2 Å². The molecule has 0 radical (unpaired) electrons. The minimum Gasteiger partial charge on any atom is -0.493 e. The summed E-state index contributed by atoms with van der Waals surface area (Å²) in [6.45, 7) is 10.3. The molecular weight excluding hydrogens is 312 g/mol. The average Bonchev–Trinajstić information content (AvgIpc) is 3.13. The first kappa shape index (κ1) is 16.8. The van der Waals surface area contributed by atoms with E-state index < -0.39 is 0 Å². The van der Waals surface area contributed by atoms with E-state index in [9.17, 15) is 0 Å². The Morgan fingerprint density at radius 3 is 2.68 bits per heavy atom. The van der Waals surface area contributed by atoms with Gasteiger partial charge in [0.1, 0.15) is 0 Å². The van der Waals surface area contributed by atoms with Crippen LogP contribution in [0.2, 0.25) is 0 Å². The summed E-state index contributed by atoms with van der Waals surface area (Å²) in [4.78, 5) is 7.45. The molecule has 0 spiro atoms. The molecule has 0 unspecified atom stereocenters. The summed E-state index contributed by atoms with van der Waals surface area (Å²) in [6.07, 6.45) is 4.33. The highest BCUT2D eigenvalue weighted by Crippen LogP contribution is 2.44. The second-order valence-corrected chi connectivity index (χ2v) is 5.74. The number of nitrogens with zero attached hydrogens (tertiary/aromatic N) is 1. The van der Waals surface area contributed by atoms with E-state index in [4.69, 9.17) is 9.47 Å². The van der Waals surface area contributed by atoms with Gasteiger partial charge in [0.25, 0.3) is 0 Å². The van der Waals surface area contributed by atoms with E-state index in [0.717, 1.165) is 45.3 Å². The molecule has 0 saturated heterocycles. The van der Waals surface area contributed by atoms with Gasteiger partial charge in [0.2, 0.25) is 0 Å². The van der Waals surface area contributed by atoms with Crippen LogP contribution in [0.4, 0.5) is 0 Å². The third-order valence-electron chi connectivity index (χ3n) is 4.42. The third-order valence-corrected chi connectivity index (χ3v) is 4.42. The molecular formula is C21H22N2O2. The van der Waals surface area contributed by atoms with Crippen molar-refractivity contribution in [1.29, 1.82) is 0 Å². The molecule has 0 saturated carbocycles. The summed E-state index contributed by atoms with van der Waals surface area (Å²) in [5.74, 6) is 1.35. The molecule has 4 nitrogen and oxygen atoms in total. The van der Waals surface area contributed by atoms with Crippen molar-refractivity contribution < 1.29 is 9.47 Å². The second kappa shape index (κ2) is 6.85. The lowest BCUT2D eigenvalue weighted by Gasteiger charge is -2.20. The summed E-state index contributed by atoms with van der Waals surface area (Å²) in [5.41, 5.74) is 6.98. The van der Waals surface area contributed by atoms with Crippen LogP contribution in [0, 0.1) is 0 Å². The van der Waals surface area contributed by atoms with Gasteiger partial charge < -0.3 is 14.5 Å². The fourth-order valence-electron chi connectivity index (χ4n) is 3.11. The van der Waals surface area contributed by atoms with Gasteiger partial charge in [0, 0.05) is 5.56 Å². The van der Waals surface area contributed by atoms with Crippen molar-refractivity contribution in [2.45, 2.75) is 13.3 Å². The highest BCUT2D eigenvalue weighted by atomic mass is 16.5. The number of benzene rings is 2. The Kier molecular flexibility index (Phi) is 4.61. The van der Waals surface area contributed by atoms with Gasteiger partial charge in [-0.05, 0) is 46.9 Å². The lowest BCUT2D eigenvalue weighted by molar-refractivity contribution is 0.354. The van der Waals surface area contributed by atoms with Crippen molar-refractivity contribution in [1.82, 2.24) is 9.97 Å². The Bertz CT molecular complexity index is 954. The van der Waals surface area contributed by atoms with Crippen LogP contribution in [0.1, 0.15) is 24.5 Å². The number of fused-ring (bicyclic) bond motifs is 1. The maximum atomic E-state index is 5.59. The monoisotopic (exact) mass is 334 g/mol. The molecule has 0 aliphatic carbocycles. The summed E-state index contributed by atoms with van der Waals surface area (Å²) >= 11 is 0. The van der Waals surface area contributed by atoms with Crippen LogP contribution >= 0.6 is 0 Å². The van der Waals surface area contributed by atoms with Gasteiger partial charge in [-0.2, -0.15) is 0 Å². The Morgan fingerprint density at radius 1 is 1.24 bits per heavy atom. The molecule has 4 heteroatoms. The largest absolute Gasteiger partial charge is 0.493 e. The van der Waals surface area contributed by atoms with Gasteiger partial charge in [-0.25, -0.2) is 4.98 Å². The van der Waals surface area contributed by atoms with Crippen molar-refractivity contribution in [2.24, 2.45) is 0 Å². The summed E-state index contributed by atoms with van der Waals surface area (Å²) in [7, 11) is 3.28. The van der Waals surface area contributed by atoms with Crippen LogP contribution < -0.4 is 9.47 Å². The van der Waals surface area contributed by atoms with Crippen LogP contribution in [0.3, 0.4) is 0 Å². The molecule has 1 aromatic heterocycles. The van der Waals surface area contributed by atoms with Crippen LogP contribution in [-0.4, -0.2) is 24.2 Å². The van der Waals surface area contributed by atoms with Gasteiger partial charge in [0.15, 0.2) is 11.5 Å². The first-order valence-electron chi connectivity index (χ1n) is 8.17. The molecule has 1 heterocycles. The van der Waals surface area contributed by atoms with Crippen LogP contribution in [0.25, 0.3) is 33.8 Å². The average molecular weight is 334 g/mol. The molecule has 0 aliphatic rings. The molecule has 1 N–H and O–H groups in total. The van der Waals surface area contributed by atoms with Gasteiger partial charge in [-0.3, -0.25) is 0 Å². The number of ether oxygens (including phenoxy) is 2. The van der Waals surface area contributed by atoms with Crippen LogP contribution in [-0.2, 0) is 0 Å². The third kappa shape index (κ3) is 2.80. The molecule has 3 aromatic rings. The van der Waals surface area contributed by atoms with Crippen LogP contribution in [0.5, 0.6) is 11.5 Å². The Balaban J connectivity index is 2.36. The van der Waals surface area contributed by atoms with E-state index in [0.29, 0.717) is 11.5 Å². The smallest absolute Gasteiger partial charge is 0.168 e. The molecule has 0 fully saturated rings. The van der Waals surface area contributed by atoms with Gasteiger partial charge >= 0.3 is 0 Å². The van der Waals surface area contributed by atoms with Gasteiger partial charge in [-0.15, -0.1) is 0 Å². The van der Waals surface area contributed by atoms with Crippen molar-refractivity contribution in [3.8, 4) is 22.6 Å². The highest BCUT2D eigenvalue weighted by Gasteiger charge is 2.20. The molecule has 0 aliphatic heterocycles. The zero-order valence-corrected chi connectivity index (χ0v) is 14.8. The number of methoxy groups -OCH3 is 2. The minimum atomic E-state index is 0.671. The number of nitrogens with one attached hydrogen (secondary N) is 1. The molecule has 2 aromatic carbocycles. The van der Waals surface area contributed by atoms with Crippen molar-refractivity contribution in [3.05, 3.63) is 54.9 Å². The van der Waals surface area contributed by atoms with E-state index in [1.807, 2.05) is 12.1 Å². The molecule has 0 bridgehead atoms. The standard InChI is InChI=1S/C21H22N2O2/c1-6-13(3)20-15(7-2)21(25-5)19(24-4)11-16(20)14-8-9-17-18(10-14)23-12-22-17/h7-12H,2-3,6H2,1,4-5H3,(H,22,23). The molecule has 25 heavy (non-hydrogen) atoms. The Hall–Kier alpha value is -3.01. The van der Waals surface area contributed by atoms with Crippen molar-refractivity contribution >= 4 is 22.7 Å². The van der Waals surface area contributed by atoms with Crippen molar-refractivity contribution in [3.63, 3.8) is 0 Å². The predicted molar refractivity (Wildman–Crippen MR) is 104 cm³/mol. The number of H-pyrrole nitrogens is 1. The normalized spacial score (nSPS) is 10.7. The van der Waals surface area contributed by atoms with Gasteiger partial charge in [0.05, 0.1) is 31.6 Å². The van der Waals surface area contributed by atoms with E-state index in [2.05, 4.69) is 42.2 Å². The van der Waals surface area contributed by atoms with Crippen LogP contribution in [0.15, 0.2) is 43.8 Å². The summed E-state index contributed by atoms with van der Waals surface area (Å²) < 4.78 is 11.1. The minimum absolute atomic E-state index is 0.671. The number of hydrogen-bond donors (Lipinski definition) is 1.